The Kier molecular flexibility index (Phi) is 6.09. The lowest BCUT2D eigenvalue weighted by atomic mass is 10.0. The smallest absolute Gasteiger partial charge is 0.0724 e. The summed E-state index contributed by atoms with van der Waals surface area (Å²) in [6.07, 6.45) is 9.95. The summed E-state index contributed by atoms with van der Waals surface area (Å²) in [5.74, 6) is 0.950. The van der Waals surface area contributed by atoms with Crippen molar-refractivity contribution in [3.05, 3.63) is 0 Å². The summed E-state index contributed by atoms with van der Waals surface area (Å²) >= 11 is 0. The lowest BCUT2D eigenvalue weighted by molar-refractivity contribution is 0.0587. The standard InChI is InChI=1S/C13H25NO.ClH/c1-10(11-8-9-11)14-12-6-4-3-5-7-13(12)15-2;/h10-14H,3-9H2,1-2H3;1H. The van der Waals surface area contributed by atoms with Crippen LogP contribution in [0.5, 0.6) is 0 Å². The molecule has 0 saturated heterocycles. The van der Waals surface area contributed by atoms with Crippen LogP contribution in [0, 0.1) is 5.92 Å². The highest BCUT2D eigenvalue weighted by Crippen LogP contribution is 2.33. The van der Waals surface area contributed by atoms with E-state index in [-0.39, 0.29) is 12.4 Å². The average molecular weight is 248 g/mol. The Labute approximate surface area is 106 Å². The molecule has 3 atom stereocenters. The average Bonchev–Trinajstić information content (AvgIpc) is 3.05. The van der Waals surface area contributed by atoms with E-state index in [4.69, 9.17) is 4.74 Å². The first kappa shape index (κ1) is 14.3. The molecule has 1 N–H and O–H groups in total. The topological polar surface area (TPSA) is 21.3 Å². The summed E-state index contributed by atoms with van der Waals surface area (Å²) < 4.78 is 5.62. The molecule has 0 heterocycles. The van der Waals surface area contributed by atoms with Crippen molar-refractivity contribution in [2.24, 2.45) is 5.92 Å². The fourth-order valence-corrected chi connectivity index (χ4v) is 2.82. The summed E-state index contributed by atoms with van der Waals surface area (Å²) in [4.78, 5) is 0. The zero-order valence-electron chi connectivity index (χ0n) is 10.6. The molecule has 0 amide bonds. The van der Waals surface area contributed by atoms with Gasteiger partial charge in [-0.1, -0.05) is 19.3 Å². The van der Waals surface area contributed by atoms with Crippen molar-refractivity contribution in [1.82, 2.24) is 5.32 Å². The minimum atomic E-state index is 0. The third-order valence-electron chi connectivity index (χ3n) is 4.06. The van der Waals surface area contributed by atoms with E-state index in [0.717, 1.165) is 5.92 Å². The number of nitrogens with one attached hydrogen (secondary N) is 1. The van der Waals surface area contributed by atoms with Crippen LogP contribution < -0.4 is 5.32 Å². The van der Waals surface area contributed by atoms with E-state index in [9.17, 15) is 0 Å². The predicted molar refractivity (Wildman–Crippen MR) is 70.2 cm³/mol. The van der Waals surface area contributed by atoms with Crippen LogP contribution >= 0.6 is 12.4 Å². The minimum Gasteiger partial charge on any atom is -0.380 e. The lowest BCUT2D eigenvalue weighted by Crippen LogP contribution is -2.45. The molecule has 2 aliphatic rings. The van der Waals surface area contributed by atoms with E-state index >= 15 is 0 Å². The van der Waals surface area contributed by atoms with Crippen LogP contribution in [0.15, 0.2) is 0 Å². The van der Waals surface area contributed by atoms with Crippen molar-refractivity contribution in [3.63, 3.8) is 0 Å². The summed E-state index contributed by atoms with van der Waals surface area (Å²) in [6.45, 7) is 2.34. The molecule has 0 aliphatic heterocycles. The number of halogens is 1. The number of ether oxygens (including phenoxy) is 1. The Morgan fingerprint density at radius 1 is 1.06 bits per heavy atom. The van der Waals surface area contributed by atoms with Gasteiger partial charge < -0.3 is 10.1 Å². The van der Waals surface area contributed by atoms with Gasteiger partial charge in [-0.25, -0.2) is 0 Å². The highest BCUT2D eigenvalue weighted by atomic mass is 35.5. The van der Waals surface area contributed by atoms with Gasteiger partial charge in [-0.05, 0) is 38.5 Å². The summed E-state index contributed by atoms with van der Waals surface area (Å²) in [7, 11) is 1.87. The highest BCUT2D eigenvalue weighted by Gasteiger charge is 2.31. The molecule has 2 fully saturated rings. The second kappa shape index (κ2) is 6.83. The zero-order chi connectivity index (χ0) is 10.7. The van der Waals surface area contributed by atoms with E-state index in [2.05, 4.69) is 12.2 Å². The molecule has 0 aromatic heterocycles. The molecule has 3 unspecified atom stereocenters. The lowest BCUT2D eigenvalue weighted by Gasteiger charge is -2.28. The third kappa shape index (κ3) is 3.90. The number of hydrogen-bond acceptors (Lipinski definition) is 2. The van der Waals surface area contributed by atoms with E-state index in [1.807, 2.05) is 7.11 Å². The second-order valence-corrected chi connectivity index (χ2v) is 5.31. The Balaban J connectivity index is 0.00000128. The third-order valence-corrected chi connectivity index (χ3v) is 4.06. The van der Waals surface area contributed by atoms with Gasteiger partial charge in [0.2, 0.25) is 0 Å². The van der Waals surface area contributed by atoms with Gasteiger partial charge in [-0.2, -0.15) is 0 Å². The van der Waals surface area contributed by atoms with Gasteiger partial charge in [0.15, 0.2) is 0 Å². The van der Waals surface area contributed by atoms with E-state index in [1.165, 1.54) is 44.9 Å². The first-order valence-corrected chi connectivity index (χ1v) is 6.60. The Morgan fingerprint density at radius 3 is 2.38 bits per heavy atom. The number of hydrogen-bond donors (Lipinski definition) is 1. The molecule has 2 aliphatic carbocycles. The van der Waals surface area contributed by atoms with Crippen LogP contribution in [0.4, 0.5) is 0 Å². The van der Waals surface area contributed by atoms with Crippen molar-refractivity contribution in [3.8, 4) is 0 Å². The van der Waals surface area contributed by atoms with Crippen molar-refractivity contribution < 1.29 is 4.74 Å². The Hall–Kier alpha value is 0.210. The zero-order valence-corrected chi connectivity index (χ0v) is 11.4. The monoisotopic (exact) mass is 247 g/mol. The normalized spacial score (nSPS) is 32.6. The fraction of sp³-hybridized carbons (Fsp3) is 1.00. The largest absolute Gasteiger partial charge is 0.380 e. The predicted octanol–water partition coefficient (Wildman–Crippen LogP) is 3.14. The van der Waals surface area contributed by atoms with Crippen molar-refractivity contribution in [1.29, 1.82) is 0 Å². The molecule has 0 radical (unpaired) electrons. The quantitative estimate of drug-likeness (QED) is 0.771. The molecule has 96 valence electrons. The van der Waals surface area contributed by atoms with Crippen LogP contribution in [-0.4, -0.2) is 25.3 Å². The van der Waals surface area contributed by atoms with Crippen LogP contribution in [0.25, 0.3) is 0 Å². The first-order valence-electron chi connectivity index (χ1n) is 6.60. The van der Waals surface area contributed by atoms with E-state index in [1.54, 1.807) is 0 Å². The molecule has 16 heavy (non-hydrogen) atoms. The van der Waals surface area contributed by atoms with E-state index in [0.29, 0.717) is 18.2 Å². The van der Waals surface area contributed by atoms with Gasteiger partial charge in [-0.3, -0.25) is 0 Å². The van der Waals surface area contributed by atoms with Crippen molar-refractivity contribution >= 4 is 12.4 Å². The van der Waals surface area contributed by atoms with Crippen molar-refractivity contribution in [2.45, 2.75) is 70.1 Å². The van der Waals surface area contributed by atoms with E-state index < -0.39 is 0 Å². The molecule has 2 rings (SSSR count). The van der Waals surface area contributed by atoms with Crippen molar-refractivity contribution in [2.75, 3.05) is 7.11 Å². The Morgan fingerprint density at radius 2 is 1.75 bits per heavy atom. The van der Waals surface area contributed by atoms with Crippen LogP contribution in [-0.2, 0) is 4.74 Å². The SMILES string of the molecule is COC1CCCCCC1NC(C)C1CC1.Cl. The van der Waals surface area contributed by atoms with Crippen LogP contribution in [0.1, 0.15) is 51.9 Å². The van der Waals surface area contributed by atoms with Crippen LogP contribution in [0.3, 0.4) is 0 Å². The summed E-state index contributed by atoms with van der Waals surface area (Å²) in [5.41, 5.74) is 0. The Bertz CT molecular complexity index is 196. The fourth-order valence-electron chi connectivity index (χ4n) is 2.82. The maximum absolute atomic E-state index is 5.62. The summed E-state index contributed by atoms with van der Waals surface area (Å²) in [5, 5.41) is 3.80. The number of methoxy groups -OCH3 is 1. The minimum absolute atomic E-state index is 0. The molecular weight excluding hydrogens is 222 g/mol. The van der Waals surface area contributed by atoms with Gasteiger partial charge in [-0.15, -0.1) is 12.4 Å². The maximum atomic E-state index is 5.62. The van der Waals surface area contributed by atoms with Gasteiger partial charge in [0.1, 0.15) is 0 Å². The molecule has 0 spiro atoms. The number of rotatable bonds is 4. The maximum Gasteiger partial charge on any atom is 0.0724 e. The van der Waals surface area contributed by atoms with Gasteiger partial charge >= 0.3 is 0 Å². The molecule has 2 nitrogen and oxygen atoms in total. The molecule has 2 saturated carbocycles. The van der Waals surface area contributed by atoms with Gasteiger partial charge in [0.05, 0.1) is 6.10 Å². The van der Waals surface area contributed by atoms with Gasteiger partial charge in [0.25, 0.3) is 0 Å². The molecular formula is C13H26ClNO. The molecule has 0 aromatic rings. The molecule has 0 bridgehead atoms. The highest BCUT2D eigenvalue weighted by molar-refractivity contribution is 5.85. The second-order valence-electron chi connectivity index (χ2n) is 5.31. The summed E-state index contributed by atoms with van der Waals surface area (Å²) in [6, 6.07) is 1.30. The molecule has 3 heteroatoms. The van der Waals surface area contributed by atoms with Gasteiger partial charge in [0, 0.05) is 19.2 Å². The van der Waals surface area contributed by atoms with Crippen LogP contribution in [0.2, 0.25) is 0 Å². The molecule has 0 aromatic carbocycles. The first-order chi connectivity index (χ1) is 7.31.